The molecule has 0 saturated carbocycles. The molecule has 2 aromatic carbocycles. The summed E-state index contributed by atoms with van der Waals surface area (Å²) in [5.41, 5.74) is -1.74. The number of hydrogen-bond donors (Lipinski definition) is 1. The van der Waals surface area contributed by atoms with Gasteiger partial charge >= 0.3 is 18.2 Å². The maximum Gasteiger partial charge on any atom is 0.416 e. The largest absolute Gasteiger partial charge is 0.454 e. The van der Waals surface area contributed by atoms with E-state index in [2.05, 4.69) is 10.4 Å². The summed E-state index contributed by atoms with van der Waals surface area (Å²) in [7, 11) is 0. The van der Waals surface area contributed by atoms with Gasteiger partial charge in [0.1, 0.15) is 12.1 Å². The number of urea groups is 1. The quantitative estimate of drug-likeness (QED) is 0.236. The first-order chi connectivity index (χ1) is 17.5. The predicted octanol–water partition coefficient (Wildman–Crippen LogP) is 3.73. The Kier molecular flexibility index (Phi) is 8.31. The van der Waals surface area contributed by atoms with E-state index >= 15 is 0 Å². The number of imide groups is 1. The van der Waals surface area contributed by atoms with Crippen LogP contribution in [-0.2, 0) is 25.3 Å². The second-order valence-electron chi connectivity index (χ2n) is 8.18. The van der Waals surface area contributed by atoms with E-state index in [0.29, 0.717) is 28.3 Å². The molecule has 1 aliphatic rings. The lowest BCUT2D eigenvalue weighted by atomic mass is 9.93. The van der Waals surface area contributed by atoms with Crippen LogP contribution in [0.4, 0.5) is 23.7 Å². The molecule has 0 aliphatic carbocycles. The van der Waals surface area contributed by atoms with Gasteiger partial charge in [-0.15, -0.1) is 0 Å². The second kappa shape index (κ2) is 11.2. The van der Waals surface area contributed by atoms with Crippen molar-refractivity contribution < 1.29 is 37.1 Å². The molecule has 0 atom stereocenters. The zero-order valence-electron chi connectivity index (χ0n) is 20.1. The SMILES string of the molecule is CCC1(CC)NC(=O)N(CC(=O)OCC(=O)N(N=Cc2ccccc2)c2cccc(C(F)(F)F)c2)C1=O. The molecule has 0 unspecified atom stereocenters. The van der Waals surface area contributed by atoms with Gasteiger partial charge in [-0.3, -0.25) is 19.3 Å². The highest BCUT2D eigenvalue weighted by Crippen LogP contribution is 2.32. The lowest BCUT2D eigenvalue weighted by Gasteiger charge is -2.23. The van der Waals surface area contributed by atoms with Gasteiger partial charge in [0.15, 0.2) is 6.61 Å². The summed E-state index contributed by atoms with van der Waals surface area (Å²) in [5.74, 6) is -2.58. The first-order valence-corrected chi connectivity index (χ1v) is 11.4. The third-order valence-electron chi connectivity index (χ3n) is 5.87. The highest BCUT2D eigenvalue weighted by molar-refractivity contribution is 6.08. The van der Waals surface area contributed by atoms with E-state index in [1.165, 1.54) is 12.3 Å². The third kappa shape index (κ3) is 6.32. The van der Waals surface area contributed by atoms with Gasteiger partial charge in [0.05, 0.1) is 17.5 Å². The summed E-state index contributed by atoms with van der Waals surface area (Å²) in [6.45, 7) is 1.83. The van der Waals surface area contributed by atoms with E-state index in [4.69, 9.17) is 4.74 Å². The molecular formula is C25H25F3N4O5. The lowest BCUT2D eigenvalue weighted by molar-refractivity contribution is -0.150. The molecule has 2 aromatic rings. The van der Waals surface area contributed by atoms with Gasteiger partial charge in [-0.05, 0) is 36.6 Å². The summed E-state index contributed by atoms with van der Waals surface area (Å²) in [6.07, 6.45) is -2.75. The number of rotatable bonds is 9. The van der Waals surface area contributed by atoms with Crippen molar-refractivity contribution in [2.45, 2.75) is 38.4 Å². The van der Waals surface area contributed by atoms with Crippen LogP contribution >= 0.6 is 0 Å². The molecule has 12 heteroatoms. The Balaban J connectivity index is 1.75. The molecule has 196 valence electrons. The molecule has 37 heavy (non-hydrogen) atoms. The maximum absolute atomic E-state index is 13.2. The number of amides is 4. The van der Waals surface area contributed by atoms with Gasteiger partial charge in [-0.1, -0.05) is 50.2 Å². The molecular weight excluding hydrogens is 493 g/mol. The summed E-state index contributed by atoms with van der Waals surface area (Å²) in [6, 6.07) is 11.7. The minimum absolute atomic E-state index is 0.201. The number of carbonyl (C=O) groups is 4. The fourth-order valence-electron chi connectivity index (χ4n) is 3.68. The van der Waals surface area contributed by atoms with Gasteiger partial charge in [0, 0.05) is 0 Å². The highest BCUT2D eigenvalue weighted by atomic mass is 19.4. The summed E-state index contributed by atoms with van der Waals surface area (Å²) >= 11 is 0. The second-order valence-corrected chi connectivity index (χ2v) is 8.18. The van der Waals surface area contributed by atoms with Gasteiger partial charge in [0.25, 0.3) is 11.8 Å². The topological polar surface area (TPSA) is 108 Å². The molecule has 0 bridgehead atoms. The van der Waals surface area contributed by atoms with E-state index < -0.39 is 54.2 Å². The molecule has 1 fully saturated rings. The monoisotopic (exact) mass is 518 g/mol. The van der Waals surface area contributed by atoms with Crippen molar-refractivity contribution in [3.05, 3.63) is 65.7 Å². The number of nitrogens with one attached hydrogen (secondary N) is 1. The first kappa shape index (κ1) is 27.4. The van der Waals surface area contributed by atoms with Gasteiger partial charge in [-0.2, -0.15) is 23.3 Å². The number of hydrazone groups is 1. The average molecular weight is 518 g/mol. The van der Waals surface area contributed by atoms with Crippen LogP contribution in [0.15, 0.2) is 59.7 Å². The van der Waals surface area contributed by atoms with E-state index in [1.54, 1.807) is 44.2 Å². The number of halogens is 3. The van der Waals surface area contributed by atoms with Crippen molar-refractivity contribution >= 4 is 35.7 Å². The van der Waals surface area contributed by atoms with Crippen LogP contribution in [0.25, 0.3) is 0 Å². The average Bonchev–Trinajstić information content (AvgIpc) is 3.12. The number of hydrogen-bond acceptors (Lipinski definition) is 6. The fraction of sp³-hybridized carbons (Fsp3) is 0.320. The highest BCUT2D eigenvalue weighted by Gasteiger charge is 2.49. The minimum atomic E-state index is -4.66. The number of esters is 1. The zero-order valence-corrected chi connectivity index (χ0v) is 20.1. The van der Waals surface area contributed by atoms with Crippen molar-refractivity contribution in [2.75, 3.05) is 18.2 Å². The Morgan fingerprint density at radius 1 is 1.08 bits per heavy atom. The molecule has 3 rings (SSSR count). The fourth-order valence-corrected chi connectivity index (χ4v) is 3.68. The molecule has 1 saturated heterocycles. The summed E-state index contributed by atoms with van der Waals surface area (Å²) in [5, 5.41) is 7.26. The smallest absolute Gasteiger partial charge is 0.416 e. The van der Waals surface area contributed by atoms with Crippen LogP contribution in [0.3, 0.4) is 0 Å². The van der Waals surface area contributed by atoms with Crippen LogP contribution in [0, 0.1) is 0 Å². The van der Waals surface area contributed by atoms with E-state index in [1.807, 2.05) is 0 Å². The summed E-state index contributed by atoms with van der Waals surface area (Å²) in [4.78, 5) is 50.8. The molecule has 0 radical (unpaired) electrons. The number of carbonyl (C=O) groups excluding carboxylic acids is 4. The van der Waals surface area contributed by atoms with Crippen molar-refractivity contribution in [3.8, 4) is 0 Å². The van der Waals surface area contributed by atoms with E-state index in [9.17, 15) is 32.3 Å². The van der Waals surface area contributed by atoms with Crippen LogP contribution in [0.1, 0.15) is 37.8 Å². The normalized spacial score (nSPS) is 15.1. The number of nitrogens with zero attached hydrogens (tertiary/aromatic N) is 3. The maximum atomic E-state index is 13.2. The van der Waals surface area contributed by atoms with Crippen LogP contribution in [0.2, 0.25) is 0 Å². The van der Waals surface area contributed by atoms with Crippen molar-refractivity contribution in [1.82, 2.24) is 10.2 Å². The molecule has 0 aromatic heterocycles. The first-order valence-electron chi connectivity index (χ1n) is 11.4. The molecule has 4 amide bonds. The summed E-state index contributed by atoms with van der Waals surface area (Å²) < 4.78 is 44.6. The minimum Gasteiger partial charge on any atom is -0.454 e. The van der Waals surface area contributed by atoms with Crippen molar-refractivity contribution in [1.29, 1.82) is 0 Å². The molecule has 1 heterocycles. The lowest BCUT2D eigenvalue weighted by Crippen LogP contribution is -2.46. The Morgan fingerprint density at radius 3 is 2.35 bits per heavy atom. The Labute approximate surface area is 210 Å². The van der Waals surface area contributed by atoms with Crippen molar-refractivity contribution in [3.63, 3.8) is 0 Å². The third-order valence-corrected chi connectivity index (χ3v) is 5.87. The standard InChI is InChI=1S/C25H25F3N4O5/c1-3-24(4-2)22(35)31(23(36)30-24)15-21(34)37-16-20(33)32(29-14-17-9-6-5-7-10-17)19-12-8-11-18(13-19)25(26,27)28/h5-14H,3-4,15-16H2,1-2H3,(H,30,36). The Bertz CT molecular complexity index is 1200. The Morgan fingerprint density at radius 2 is 1.76 bits per heavy atom. The zero-order chi connectivity index (χ0) is 27.2. The number of anilines is 1. The molecule has 1 aliphatic heterocycles. The van der Waals surface area contributed by atoms with Gasteiger partial charge in [-0.25, -0.2) is 4.79 Å². The predicted molar refractivity (Wildman–Crippen MR) is 127 cm³/mol. The molecule has 0 spiro atoms. The van der Waals surface area contributed by atoms with Crippen LogP contribution in [0.5, 0.6) is 0 Å². The van der Waals surface area contributed by atoms with Crippen LogP contribution in [-0.4, -0.2) is 53.6 Å². The Hall–Kier alpha value is -4.22. The van der Waals surface area contributed by atoms with Crippen LogP contribution < -0.4 is 10.3 Å². The van der Waals surface area contributed by atoms with Crippen molar-refractivity contribution in [2.24, 2.45) is 5.10 Å². The van der Waals surface area contributed by atoms with E-state index in [-0.39, 0.29) is 5.69 Å². The van der Waals surface area contributed by atoms with Gasteiger partial charge < -0.3 is 10.1 Å². The number of benzene rings is 2. The molecule has 9 nitrogen and oxygen atoms in total. The number of ether oxygens (including phenoxy) is 1. The van der Waals surface area contributed by atoms with E-state index in [0.717, 1.165) is 18.2 Å². The van der Waals surface area contributed by atoms with Gasteiger partial charge in [0.2, 0.25) is 0 Å². The molecule has 1 N–H and O–H groups in total. The number of alkyl halides is 3.